The number of likely N-dealkylation sites (tertiary alicyclic amines) is 1. The highest BCUT2D eigenvalue weighted by molar-refractivity contribution is 5.85. The van der Waals surface area contributed by atoms with Gasteiger partial charge in [-0.2, -0.15) is 0 Å². The van der Waals surface area contributed by atoms with Crippen LogP contribution in [0.5, 0.6) is 0 Å². The van der Waals surface area contributed by atoms with Crippen LogP contribution in [0.3, 0.4) is 0 Å². The number of carbonyl (C=O) groups is 2. The number of nitrogens with zero attached hydrogens (tertiary/aromatic N) is 1. The Morgan fingerprint density at radius 3 is 2.33 bits per heavy atom. The Labute approximate surface area is 169 Å². The lowest BCUT2D eigenvalue weighted by Gasteiger charge is -2.37. The van der Waals surface area contributed by atoms with E-state index in [9.17, 15) is 9.59 Å². The van der Waals surface area contributed by atoms with Gasteiger partial charge in [0, 0.05) is 32.0 Å². The minimum atomic E-state index is -0.375. The number of nitrogens with two attached hydrogens (primary N) is 1. The lowest BCUT2D eigenvalue weighted by Crippen LogP contribution is -2.57. The number of amides is 2. The largest absolute Gasteiger partial charge is 0.349 e. The van der Waals surface area contributed by atoms with E-state index >= 15 is 0 Å². The Morgan fingerprint density at radius 2 is 1.81 bits per heavy atom. The first kappa shape index (κ1) is 23.4. The van der Waals surface area contributed by atoms with Crippen molar-refractivity contribution in [1.82, 2.24) is 10.2 Å². The van der Waals surface area contributed by atoms with Crippen LogP contribution < -0.4 is 11.1 Å². The number of piperidine rings is 1. The van der Waals surface area contributed by atoms with Gasteiger partial charge in [-0.25, -0.2) is 0 Å². The van der Waals surface area contributed by atoms with Crippen LogP contribution in [0, 0.1) is 11.8 Å². The summed E-state index contributed by atoms with van der Waals surface area (Å²) in [6.45, 7) is 7.88. The molecule has 1 aliphatic rings. The molecule has 0 saturated carbocycles. The van der Waals surface area contributed by atoms with Crippen LogP contribution in [-0.4, -0.2) is 41.9 Å². The minimum Gasteiger partial charge on any atom is -0.349 e. The van der Waals surface area contributed by atoms with Crippen molar-refractivity contribution in [2.45, 2.75) is 52.0 Å². The number of halogens is 1. The molecule has 0 aliphatic carbocycles. The van der Waals surface area contributed by atoms with Crippen LogP contribution in [0.15, 0.2) is 30.3 Å². The van der Waals surface area contributed by atoms with Gasteiger partial charge in [0.1, 0.15) is 0 Å². The number of nitrogens with one attached hydrogen (secondary N) is 1. The summed E-state index contributed by atoms with van der Waals surface area (Å²) in [6, 6.07) is 10.1. The average Bonchev–Trinajstić information content (AvgIpc) is 2.66. The summed E-state index contributed by atoms with van der Waals surface area (Å²) < 4.78 is 0. The van der Waals surface area contributed by atoms with Gasteiger partial charge in [-0.1, -0.05) is 44.2 Å². The highest BCUT2D eigenvalue weighted by Gasteiger charge is 2.33. The van der Waals surface area contributed by atoms with Crippen molar-refractivity contribution in [3.63, 3.8) is 0 Å². The fraction of sp³-hybridized carbons (Fsp3) is 0.619. The molecule has 1 aliphatic heterocycles. The molecule has 152 valence electrons. The molecule has 2 amide bonds. The van der Waals surface area contributed by atoms with Crippen molar-refractivity contribution in [1.29, 1.82) is 0 Å². The number of hydrogen-bond donors (Lipinski definition) is 2. The topological polar surface area (TPSA) is 75.4 Å². The van der Waals surface area contributed by atoms with E-state index in [4.69, 9.17) is 5.73 Å². The van der Waals surface area contributed by atoms with Crippen molar-refractivity contribution < 1.29 is 9.59 Å². The van der Waals surface area contributed by atoms with Crippen molar-refractivity contribution in [2.24, 2.45) is 17.6 Å². The van der Waals surface area contributed by atoms with Gasteiger partial charge in [0.25, 0.3) is 0 Å². The van der Waals surface area contributed by atoms with E-state index in [1.165, 1.54) is 5.56 Å². The third-order valence-corrected chi connectivity index (χ3v) is 5.80. The van der Waals surface area contributed by atoms with Crippen LogP contribution >= 0.6 is 12.4 Å². The Morgan fingerprint density at radius 1 is 1.22 bits per heavy atom. The van der Waals surface area contributed by atoms with Crippen LogP contribution in [0.4, 0.5) is 0 Å². The summed E-state index contributed by atoms with van der Waals surface area (Å²) in [5.74, 6) is 0.499. The first-order chi connectivity index (χ1) is 12.4. The third-order valence-electron chi connectivity index (χ3n) is 5.80. The van der Waals surface area contributed by atoms with Crippen LogP contribution in [0.25, 0.3) is 0 Å². The first-order valence-electron chi connectivity index (χ1n) is 9.69. The van der Waals surface area contributed by atoms with Gasteiger partial charge in [-0.3, -0.25) is 9.59 Å². The van der Waals surface area contributed by atoms with E-state index in [-0.39, 0.29) is 41.6 Å². The average molecular weight is 396 g/mol. The highest BCUT2D eigenvalue weighted by atomic mass is 35.5. The molecule has 0 spiro atoms. The van der Waals surface area contributed by atoms with E-state index in [1.807, 2.05) is 42.2 Å². The molecule has 1 aromatic carbocycles. The highest BCUT2D eigenvalue weighted by Crippen LogP contribution is 2.21. The standard InChI is InChI=1S/C21H33N3O2.ClH/c1-16(2)21(3,15-22)23-20(26)18-11-13-24(14-12-18)19(25)10-9-17-7-5-4-6-8-17;/h4-8,16,18H,9-15,22H2,1-3H3,(H,23,26);1H. The predicted molar refractivity (Wildman–Crippen MR) is 112 cm³/mol. The molecule has 0 bridgehead atoms. The number of benzene rings is 1. The van der Waals surface area contributed by atoms with Crippen LogP contribution in [0.2, 0.25) is 0 Å². The maximum atomic E-state index is 12.6. The zero-order chi connectivity index (χ0) is 19.2. The molecular weight excluding hydrogens is 362 g/mol. The summed E-state index contributed by atoms with van der Waals surface area (Å²) in [7, 11) is 0. The maximum absolute atomic E-state index is 12.6. The monoisotopic (exact) mass is 395 g/mol. The second-order valence-electron chi connectivity index (χ2n) is 7.91. The van der Waals surface area contributed by atoms with Gasteiger partial charge in [0.15, 0.2) is 0 Å². The van der Waals surface area contributed by atoms with E-state index in [0.29, 0.717) is 26.1 Å². The molecule has 0 aromatic heterocycles. The molecular formula is C21H34ClN3O2. The van der Waals surface area contributed by atoms with Gasteiger partial charge in [-0.15, -0.1) is 12.4 Å². The molecule has 5 nitrogen and oxygen atoms in total. The van der Waals surface area contributed by atoms with Gasteiger partial charge in [0.2, 0.25) is 11.8 Å². The van der Waals surface area contributed by atoms with Crippen LogP contribution in [-0.2, 0) is 16.0 Å². The van der Waals surface area contributed by atoms with Gasteiger partial charge >= 0.3 is 0 Å². The fourth-order valence-electron chi connectivity index (χ4n) is 3.26. The molecule has 1 unspecified atom stereocenters. The van der Waals surface area contributed by atoms with E-state index in [1.54, 1.807) is 0 Å². The Bertz CT molecular complexity index is 601. The second-order valence-corrected chi connectivity index (χ2v) is 7.91. The molecule has 1 saturated heterocycles. The fourth-order valence-corrected chi connectivity index (χ4v) is 3.26. The maximum Gasteiger partial charge on any atom is 0.223 e. The second kappa shape index (κ2) is 10.7. The van der Waals surface area contributed by atoms with Crippen molar-refractivity contribution in [3.05, 3.63) is 35.9 Å². The van der Waals surface area contributed by atoms with Crippen LogP contribution in [0.1, 0.15) is 45.6 Å². The molecule has 1 atom stereocenters. The van der Waals surface area contributed by atoms with E-state index in [0.717, 1.165) is 19.3 Å². The summed E-state index contributed by atoms with van der Waals surface area (Å²) in [4.78, 5) is 26.9. The number of hydrogen-bond acceptors (Lipinski definition) is 3. The zero-order valence-corrected chi connectivity index (χ0v) is 17.6. The van der Waals surface area contributed by atoms with Crippen molar-refractivity contribution in [3.8, 4) is 0 Å². The molecule has 3 N–H and O–H groups in total. The van der Waals surface area contributed by atoms with Gasteiger partial charge in [0.05, 0.1) is 5.54 Å². The smallest absolute Gasteiger partial charge is 0.223 e. The molecule has 2 rings (SSSR count). The van der Waals surface area contributed by atoms with Crippen molar-refractivity contribution >= 4 is 24.2 Å². The number of aryl methyl sites for hydroxylation is 1. The summed E-state index contributed by atoms with van der Waals surface area (Å²) >= 11 is 0. The van der Waals surface area contributed by atoms with Crippen molar-refractivity contribution in [2.75, 3.05) is 19.6 Å². The van der Waals surface area contributed by atoms with E-state index < -0.39 is 0 Å². The lowest BCUT2D eigenvalue weighted by atomic mass is 9.86. The Kier molecular flexibility index (Phi) is 9.27. The molecule has 6 heteroatoms. The lowest BCUT2D eigenvalue weighted by molar-refractivity contribution is -0.136. The van der Waals surface area contributed by atoms with Gasteiger partial charge in [-0.05, 0) is 37.7 Å². The molecule has 1 aromatic rings. The predicted octanol–water partition coefficient (Wildman–Crippen LogP) is 2.77. The Balaban J connectivity index is 0.00000364. The summed E-state index contributed by atoms with van der Waals surface area (Å²) in [5, 5.41) is 3.14. The molecule has 27 heavy (non-hydrogen) atoms. The molecule has 1 fully saturated rings. The summed E-state index contributed by atoms with van der Waals surface area (Å²) in [5.41, 5.74) is 6.67. The Hall–Kier alpha value is -1.59. The SMILES string of the molecule is CC(C)C(C)(CN)NC(=O)C1CCN(C(=O)CCc2ccccc2)CC1.Cl. The normalized spacial score (nSPS) is 17.1. The molecule has 1 heterocycles. The number of rotatable bonds is 7. The third kappa shape index (κ3) is 6.51. The zero-order valence-electron chi connectivity index (χ0n) is 16.7. The van der Waals surface area contributed by atoms with E-state index in [2.05, 4.69) is 19.2 Å². The summed E-state index contributed by atoms with van der Waals surface area (Å²) in [6.07, 6.45) is 2.74. The quantitative estimate of drug-likeness (QED) is 0.745. The number of carbonyl (C=O) groups excluding carboxylic acids is 2. The van der Waals surface area contributed by atoms with Gasteiger partial charge < -0.3 is 16.0 Å². The molecule has 0 radical (unpaired) electrons. The first-order valence-corrected chi connectivity index (χ1v) is 9.69. The minimum absolute atomic E-state index is 0.